The fourth-order valence-corrected chi connectivity index (χ4v) is 1.55. The van der Waals surface area contributed by atoms with Crippen molar-refractivity contribution in [2.75, 3.05) is 73.1 Å². The van der Waals surface area contributed by atoms with E-state index in [-0.39, 0.29) is 26.1 Å². The van der Waals surface area contributed by atoms with Gasteiger partial charge in [-0.2, -0.15) is 0 Å². The van der Waals surface area contributed by atoms with Gasteiger partial charge in [-0.25, -0.2) is 4.79 Å². The highest BCUT2D eigenvalue weighted by molar-refractivity contribution is 6.32. The molecule has 0 amide bonds. The Morgan fingerprint density at radius 2 is 1.19 bits per heavy atom. The third-order valence-electron chi connectivity index (χ3n) is 2.90. The molecule has 10 heteroatoms. The Kier molecular flexibility index (Phi) is 17.1. The average Bonchev–Trinajstić information content (AvgIpc) is 2.62. The van der Waals surface area contributed by atoms with Gasteiger partial charge >= 0.3 is 11.9 Å². The molecular formula is C16H29NO9. The Bertz CT molecular complexity index is 390. The van der Waals surface area contributed by atoms with Crippen LogP contribution in [0, 0.1) is 0 Å². The topological polar surface area (TPSA) is 130 Å². The SMILES string of the molecule is CNCCOCCOCCOCCOCCOC(=O)CCC(=O)C(=O)O. The number of ether oxygens (including phenoxy) is 5. The lowest BCUT2D eigenvalue weighted by Crippen LogP contribution is -2.17. The molecule has 0 aliphatic heterocycles. The van der Waals surface area contributed by atoms with Crippen LogP contribution in [0.2, 0.25) is 0 Å². The van der Waals surface area contributed by atoms with E-state index in [1.165, 1.54) is 0 Å². The summed E-state index contributed by atoms with van der Waals surface area (Å²) in [6.45, 7) is 4.44. The molecule has 0 aromatic heterocycles. The summed E-state index contributed by atoms with van der Waals surface area (Å²) in [6, 6.07) is 0. The van der Waals surface area contributed by atoms with Gasteiger partial charge in [0.15, 0.2) is 0 Å². The molecule has 0 aromatic rings. The summed E-state index contributed by atoms with van der Waals surface area (Å²) >= 11 is 0. The number of carbonyl (C=O) groups is 3. The number of carboxylic acids is 1. The Morgan fingerprint density at radius 1 is 0.731 bits per heavy atom. The molecule has 0 bridgehead atoms. The number of rotatable bonds is 19. The van der Waals surface area contributed by atoms with Crippen LogP contribution < -0.4 is 5.32 Å². The van der Waals surface area contributed by atoms with Gasteiger partial charge in [-0.1, -0.05) is 0 Å². The van der Waals surface area contributed by atoms with Crippen LogP contribution in [-0.2, 0) is 38.1 Å². The first-order valence-electron chi connectivity index (χ1n) is 8.45. The van der Waals surface area contributed by atoms with Gasteiger partial charge in [0.2, 0.25) is 5.78 Å². The van der Waals surface area contributed by atoms with Crippen LogP contribution in [0.4, 0.5) is 0 Å². The first kappa shape index (κ1) is 24.4. The van der Waals surface area contributed by atoms with Crippen molar-refractivity contribution in [3.8, 4) is 0 Å². The summed E-state index contributed by atoms with van der Waals surface area (Å²) < 4.78 is 25.9. The minimum atomic E-state index is -1.55. The second-order valence-corrected chi connectivity index (χ2v) is 5.00. The Morgan fingerprint density at radius 3 is 1.65 bits per heavy atom. The molecule has 0 saturated carbocycles. The van der Waals surface area contributed by atoms with Crippen LogP contribution in [0.15, 0.2) is 0 Å². The van der Waals surface area contributed by atoms with Crippen LogP contribution in [0.1, 0.15) is 12.8 Å². The van der Waals surface area contributed by atoms with E-state index in [2.05, 4.69) is 5.32 Å². The van der Waals surface area contributed by atoms with Gasteiger partial charge < -0.3 is 34.1 Å². The van der Waals surface area contributed by atoms with Crippen LogP contribution >= 0.6 is 0 Å². The van der Waals surface area contributed by atoms with E-state index in [9.17, 15) is 14.4 Å². The van der Waals surface area contributed by atoms with Crippen LogP contribution in [0.5, 0.6) is 0 Å². The second-order valence-electron chi connectivity index (χ2n) is 5.00. The number of carboxylic acid groups (broad SMARTS) is 1. The molecular weight excluding hydrogens is 350 g/mol. The summed E-state index contributed by atoms with van der Waals surface area (Å²) in [5.74, 6) is -3.20. The molecule has 0 fully saturated rings. The van der Waals surface area contributed by atoms with E-state index >= 15 is 0 Å². The van der Waals surface area contributed by atoms with E-state index in [1.807, 2.05) is 7.05 Å². The molecule has 0 unspecified atom stereocenters. The molecule has 0 aliphatic carbocycles. The molecule has 152 valence electrons. The van der Waals surface area contributed by atoms with E-state index in [1.54, 1.807) is 0 Å². The molecule has 26 heavy (non-hydrogen) atoms. The quantitative estimate of drug-likeness (QED) is 0.168. The van der Waals surface area contributed by atoms with Crippen molar-refractivity contribution in [1.29, 1.82) is 0 Å². The third kappa shape index (κ3) is 17.2. The summed E-state index contributed by atoms with van der Waals surface area (Å²) in [7, 11) is 1.86. The van der Waals surface area contributed by atoms with E-state index in [0.29, 0.717) is 46.2 Å². The largest absolute Gasteiger partial charge is 0.476 e. The van der Waals surface area contributed by atoms with E-state index < -0.39 is 17.7 Å². The van der Waals surface area contributed by atoms with Gasteiger partial charge in [-0.05, 0) is 7.05 Å². The van der Waals surface area contributed by atoms with Gasteiger partial charge in [-0.3, -0.25) is 9.59 Å². The zero-order valence-corrected chi connectivity index (χ0v) is 15.2. The molecule has 2 N–H and O–H groups in total. The van der Waals surface area contributed by atoms with Gasteiger partial charge in [0, 0.05) is 13.0 Å². The van der Waals surface area contributed by atoms with Crippen LogP contribution in [0.25, 0.3) is 0 Å². The lowest BCUT2D eigenvalue weighted by Gasteiger charge is -2.08. The third-order valence-corrected chi connectivity index (χ3v) is 2.90. The van der Waals surface area contributed by atoms with E-state index in [4.69, 9.17) is 28.8 Å². The Labute approximate surface area is 153 Å². The number of hydrogen-bond acceptors (Lipinski definition) is 9. The minimum absolute atomic E-state index is 0.0384. The standard InChI is InChI=1S/C16H29NO9/c1-17-4-5-22-6-7-23-8-9-24-10-11-25-12-13-26-15(19)3-2-14(18)16(20)21/h17H,2-13H2,1H3,(H,20,21). The number of ketones is 1. The maximum atomic E-state index is 11.2. The number of aliphatic carboxylic acids is 1. The molecule has 0 spiro atoms. The predicted molar refractivity (Wildman–Crippen MR) is 90.0 cm³/mol. The lowest BCUT2D eigenvalue weighted by molar-refractivity contribution is -0.151. The molecule has 0 heterocycles. The minimum Gasteiger partial charge on any atom is -0.476 e. The predicted octanol–water partition coefficient (Wildman–Crippen LogP) is -0.751. The van der Waals surface area contributed by atoms with Gasteiger partial charge in [0.05, 0.1) is 59.3 Å². The van der Waals surface area contributed by atoms with Crippen LogP contribution in [-0.4, -0.2) is 95.9 Å². The van der Waals surface area contributed by atoms with Crippen molar-refractivity contribution >= 4 is 17.7 Å². The van der Waals surface area contributed by atoms with Crippen molar-refractivity contribution in [2.24, 2.45) is 0 Å². The van der Waals surface area contributed by atoms with Crippen molar-refractivity contribution in [2.45, 2.75) is 12.8 Å². The highest BCUT2D eigenvalue weighted by Gasteiger charge is 2.13. The highest BCUT2D eigenvalue weighted by atomic mass is 16.6. The van der Waals surface area contributed by atoms with Crippen LogP contribution in [0.3, 0.4) is 0 Å². The number of esters is 1. The summed E-state index contributed by atoms with van der Waals surface area (Å²) in [4.78, 5) is 32.3. The zero-order valence-electron chi connectivity index (χ0n) is 15.2. The van der Waals surface area contributed by atoms with Gasteiger partial charge in [0.1, 0.15) is 6.61 Å². The van der Waals surface area contributed by atoms with Gasteiger partial charge in [-0.15, -0.1) is 0 Å². The smallest absolute Gasteiger partial charge is 0.372 e. The summed E-state index contributed by atoms with van der Waals surface area (Å²) in [5, 5.41) is 11.3. The monoisotopic (exact) mass is 379 g/mol. The second kappa shape index (κ2) is 18.2. The molecule has 0 radical (unpaired) electrons. The van der Waals surface area contributed by atoms with Gasteiger partial charge in [0.25, 0.3) is 0 Å². The average molecular weight is 379 g/mol. The Hall–Kier alpha value is -1.59. The number of nitrogens with one attached hydrogen (secondary N) is 1. The molecule has 0 rings (SSSR count). The van der Waals surface area contributed by atoms with Crippen molar-refractivity contribution in [3.05, 3.63) is 0 Å². The molecule has 0 atom stereocenters. The van der Waals surface area contributed by atoms with Crippen molar-refractivity contribution in [3.63, 3.8) is 0 Å². The summed E-state index contributed by atoms with van der Waals surface area (Å²) in [6.07, 6.45) is -0.623. The highest BCUT2D eigenvalue weighted by Crippen LogP contribution is 1.95. The van der Waals surface area contributed by atoms with E-state index in [0.717, 1.165) is 6.54 Å². The number of likely N-dealkylation sites (N-methyl/N-ethyl adjacent to an activating group) is 1. The lowest BCUT2D eigenvalue weighted by atomic mass is 10.2. The molecule has 0 aliphatic rings. The van der Waals surface area contributed by atoms with Crippen molar-refractivity contribution < 1.29 is 43.2 Å². The first-order chi connectivity index (χ1) is 12.6. The molecule has 10 nitrogen and oxygen atoms in total. The molecule has 0 aromatic carbocycles. The molecule has 0 saturated heterocycles. The van der Waals surface area contributed by atoms with Crippen molar-refractivity contribution in [1.82, 2.24) is 5.32 Å². The number of hydrogen-bond donors (Lipinski definition) is 2. The summed E-state index contributed by atoms with van der Waals surface area (Å²) in [5.41, 5.74) is 0. The fraction of sp³-hybridized carbons (Fsp3) is 0.812. The fourth-order valence-electron chi connectivity index (χ4n) is 1.55. The maximum absolute atomic E-state index is 11.2. The Balaban J connectivity index is 3.20. The number of carbonyl (C=O) groups excluding carboxylic acids is 2. The zero-order chi connectivity index (χ0) is 19.5. The first-order valence-corrected chi connectivity index (χ1v) is 8.45. The normalized spacial score (nSPS) is 10.7. The number of Topliss-reactive ketones (excluding diaryl/α,β-unsaturated/α-hetero) is 1. The maximum Gasteiger partial charge on any atom is 0.372 e.